The molecule has 11 nitrogen and oxygen atoms in total. The van der Waals surface area contributed by atoms with Crippen molar-refractivity contribution in [2.24, 2.45) is 0 Å². The predicted molar refractivity (Wildman–Crippen MR) is 58.6 cm³/mol. The number of hydrogen-bond donors (Lipinski definition) is 4. The smallest absolute Gasteiger partial charge is 0.311 e. The van der Waals surface area contributed by atoms with Gasteiger partial charge in [-0.05, 0) is 6.07 Å². The van der Waals surface area contributed by atoms with E-state index in [1.54, 1.807) is 0 Å². The molecule has 0 atom stereocenters. The average molecular weight is 278 g/mol. The molecule has 98 valence electrons. The highest BCUT2D eigenvalue weighted by Crippen LogP contribution is 2.32. The molecule has 18 heavy (non-hydrogen) atoms. The van der Waals surface area contributed by atoms with Crippen LogP contribution in [0.4, 0.5) is 17.1 Å². The molecule has 0 radical (unpaired) electrons. The Kier molecular flexibility index (Phi) is 3.93. The molecule has 0 saturated carbocycles. The van der Waals surface area contributed by atoms with Crippen molar-refractivity contribution in [1.82, 2.24) is 5.20 Å². The first-order valence-corrected chi connectivity index (χ1v) is 5.83. The van der Waals surface area contributed by atoms with Gasteiger partial charge in [0.05, 0.1) is 15.9 Å². The normalized spacial score (nSPS) is 11.0. The van der Waals surface area contributed by atoms with Crippen molar-refractivity contribution in [3.63, 3.8) is 0 Å². The van der Waals surface area contributed by atoms with E-state index in [1.165, 1.54) is 5.20 Å². The van der Waals surface area contributed by atoms with Crippen molar-refractivity contribution >= 4 is 24.8 Å². The second-order valence-corrected chi connectivity index (χ2v) is 4.31. The summed E-state index contributed by atoms with van der Waals surface area (Å²) in [4.78, 5) is 36.3. The van der Waals surface area contributed by atoms with Crippen LogP contribution in [0.5, 0.6) is 0 Å². The van der Waals surface area contributed by atoms with Crippen LogP contribution < -0.4 is 10.6 Å². The Morgan fingerprint density at radius 3 is 2.22 bits per heavy atom. The number of nitro groups is 2. The van der Waals surface area contributed by atoms with E-state index in [-0.39, 0.29) is 5.69 Å². The zero-order valence-corrected chi connectivity index (χ0v) is 9.40. The molecule has 0 unspecified atom stereocenters. The van der Waals surface area contributed by atoms with Gasteiger partial charge in [-0.25, -0.2) is 4.57 Å². The van der Waals surface area contributed by atoms with E-state index in [9.17, 15) is 24.8 Å². The zero-order chi connectivity index (χ0) is 13.9. The van der Waals surface area contributed by atoms with E-state index >= 15 is 0 Å². The van der Waals surface area contributed by atoms with Gasteiger partial charge in [-0.2, -0.15) is 0 Å². The third-order valence-electron chi connectivity index (χ3n) is 1.73. The Morgan fingerprint density at radius 1 is 1.17 bits per heavy atom. The van der Waals surface area contributed by atoms with Crippen LogP contribution in [0.15, 0.2) is 18.2 Å². The number of nitrogens with one attached hydrogen (secondary N) is 2. The van der Waals surface area contributed by atoms with Crippen LogP contribution in [0.1, 0.15) is 0 Å². The van der Waals surface area contributed by atoms with Crippen molar-refractivity contribution in [1.29, 1.82) is 0 Å². The largest absolute Gasteiger partial charge is 0.417 e. The topological polar surface area (TPSA) is 168 Å². The van der Waals surface area contributed by atoms with Crippen LogP contribution in [0.25, 0.3) is 0 Å². The van der Waals surface area contributed by atoms with Gasteiger partial charge in [0.2, 0.25) is 0 Å². The second-order valence-electron chi connectivity index (χ2n) is 3.00. The fourth-order valence-corrected chi connectivity index (χ4v) is 1.29. The van der Waals surface area contributed by atoms with Crippen LogP contribution in [-0.2, 0) is 4.57 Å². The van der Waals surface area contributed by atoms with E-state index in [0.29, 0.717) is 6.07 Å². The minimum Gasteiger partial charge on any atom is -0.311 e. The summed E-state index contributed by atoms with van der Waals surface area (Å²) < 4.78 is 10.5. The molecule has 0 aliphatic rings. The SMILES string of the molecule is O=[N+]([O-])c1ccc(NNP(=O)(O)O)c([N+](=O)[O-])c1. The maximum atomic E-state index is 10.6. The van der Waals surface area contributed by atoms with E-state index in [2.05, 4.69) is 0 Å². The standard InChI is InChI=1S/C6H7N4O7P/c11-9(12)4-1-2-5(6(3-4)10(13)14)7-8-18(15,16)17/h1-3,7H,(H3,8,15,16,17). The third-order valence-corrected chi connectivity index (χ3v) is 2.13. The summed E-state index contributed by atoms with van der Waals surface area (Å²) in [7, 11) is -4.63. The van der Waals surface area contributed by atoms with Gasteiger partial charge >= 0.3 is 13.4 Å². The molecule has 0 aromatic heterocycles. The van der Waals surface area contributed by atoms with Gasteiger partial charge in [-0.15, -0.1) is 5.20 Å². The molecule has 0 bridgehead atoms. The number of nitrogens with zero attached hydrogens (tertiary/aromatic N) is 2. The Balaban J connectivity index is 3.08. The average Bonchev–Trinajstić information content (AvgIpc) is 2.24. The monoisotopic (exact) mass is 278 g/mol. The first-order chi connectivity index (χ1) is 8.20. The summed E-state index contributed by atoms with van der Waals surface area (Å²) in [6.07, 6.45) is 0. The number of benzene rings is 1. The second kappa shape index (κ2) is 5.06. The summed E-state index contributed by atoms with van der Waals surface area (Å²) in [6.45, 7) is 0. The molecule has 0 heterocycles. The first-order valence-electron chi connectivity index (χ1n) is 4.22. The number of hydrazine groups is 1. The van der Waals surface area contributed by atoms with Gasteiger partial charge in [-0.3, -0.25) is 20.2 Å². The molecule has 0 aliphatic carbocycles. The van der Waals surface area contributed by atoms with Crippen molar-refractivity contribution in [2.75, 3.05) is 5.43 Å². The van der Waals surface area contributed by atoms with Crippen molar-refractivity contribution in [3.05, 3.63) is 38.4 Å². The van der Waals surface area contributed by atoms with E-state index < -0.39 is 29.0 Å². The van der Waals surface area contributed by atoms with Crippen molar-refractivity contribution in [2.45, 2.75) is 0 Å². The number of hydrogen-bond acceptors (Lipinski definition) is 6. The molecule has 0 spiro atoms. The lowest BCUT2D eigenvalue weighted by Crippen LogP contribution is -2.18. The lowest BCUT2D eigenvalue weighted by atomic mass is 10.2. The van der Waals surface area contributed by atoms with Gasteiger partial charge in [0.1, 0.15) is 5.69 Å². The molecule has 1 aromatic carbocycles. The summed E-state index contributed by atoms with van der Waals surface area (Å²) in [6, 6.07) is 2.58. The summed E-state index contributed by atoms with van der Waals surface area (Å²) in [5, 5.41) is 22.6. The Hall–Kier alpha value is -2.07. The van der Waals surface area contributed by atoms with E-state index in [1.807, 2.05) is 5.43 Å². The first kappa shape index (κ1) is 14.0. The molecule has 0 fully saturated rings. The fourth-order valence-electron chi connectivity index (χ4n) is 1.02. The van der Waals surface area contributed by atoms with E-state index in [4.69, 9.17) is 9.79 Å². The highest BCUT2D eigenvalue weighted by atomic mass is 31.2. The zero-order valence-electron chi connectivity index (χ0n) is 8.51. The molecule has 1 rings (SSSR count). The lowest BCUT2D eigenvalue weighted by molar-refractivity contribution is -0.393. The molecule has 4 N–H and O–H groups in total. The molecule has 0 amide bonds. The van der Waals surface area contributed by atoms with Crippen LogP contribution in [0, 0.1) is 20.2 Å². The number of rotatable bonds is 5. The molecule has 12 heteroatoms. The van der Waals surface area contributed by atoms with Crippen LogP contribution in [0.2, 0.25) is 0 Å². The van der Waals surface area contributed by atoms with Gasteiger partial charge in [0.15, 0.2) is 0 Å². The minimum atomic E-state index is -4.63. The summed E-state index contributed by atoms with van der Waals surface area (Å²) in [5.41, 5.74) is 0.412. The fraction of sp³-hybridized carbons (Fsp3) is 0. The predicted octanol–water partition coefficient (Wildman–Crippen LogP) is 0.512. The van der Waals surface area contributed by atoms with Crippen molar-refractivity contribution < 1.29 is 24.2 Å². The van der Waals surface area contributed by atoms with E-state index in [0.717, 1.165) is 12.1 Å². The molecule has 1 aromatic rings. The Bertz CT molecular complexity index is 541. The molecule has 0 saturated heterocycles. The number of nitro benzene ring substituents is 2. The highest BCUT2D eigenvalue weighted by molar-refractivity contribution is 7.49. The molecule has 0 aliphatic heterocycles. The maximum Gasteiger partial charge on any atom is 0.417 e. The third kappa shape index (κ3) is 3.75. The Labute approximate surface area is 98.9 Å². The number of non-ortho nitro benzene ring substituents is 1. The van der Waals surface area contributed by atoms with Crippen LogP contribution >= 0.6 is 7.75 Å². The lowest BCUT2D eigenvalue weighted by Gasteiger charge is -2.09. The maximum absolute atomic E-state index is 10.6. The van der Waals surface area contributed by atoms with Gasteiger partial charge in [0.25, 0.3) is 5.69 Å². The van der Waals surface area contributed by atoms with Crippen LogP contribution in [-0.4, -0.2) is 19.6 Å². The van der Waals surface area contributed by atoms with Gasteiger partial charge in [0, 0.05) is 6.07 Å². The Morgan fingerprint density at radius 2 is 1.78 bits per heavy atom. The quantitative estimate of drug-likeness (QED) is 0.340. The summed E-state index contributed by atoms with van der Waals surface area (Å²) in [5.74, 6) is 0. The highest BCUT2D eigenvalue weighted by Gasteiger charge is 2.21. The van der Waals surface area contributed by atoms with Crippen LogP contribution in [0.3, 0.4) is 0 Å². The summed E-state index contributed by atoms with van der Waals surface area (Å²) >= 11 is 0. The van der Waals surface area contributed by atoms with Crippen molar-refractivity contribution in [3.8, 4) is 0 Å². The minimum absolute atomic E-state index is 0.311. The van der Waals surface area contributed by atoms with Gasteiger partial charge < -0.3 is 15.2 Å². The molecular formula is C6H7N4O7P. The molecular weight excluding hydrogens is 271 g/mol. The van der Waals surface area contributed by atoms with Gasteiger partial charge in [-0.1, -0.05) is 0 Å². The number of anilines is 1.